The Morgan fingerprint density at radius 1 is 1.71 bits per heavy atom. The van der Waals surface area contributed by atoms with Crippen LogP contribution < -0.4 is 10.6 Å². The van der Waals surface area contributed by atoms with Crippen LogP contribution in [0.3, 0.4) is 0 Å². The number of carbonyl (C=O) groups is 1. The number of nitrogens with zero attached hydrogens (tertiary/aromatic N) is 2. The topological polar surface area (TPSA) is 89.2 Å². The van der Waals surface area contributed by atoms with Crippen molar-refractivity contribution in [2.24, 2.45) is 7.05 Å². The minimum Gasteiger partial charge on any atom is -0.347 e. The van der Waals surface area contributed by atoms with Crippen molar-refractivity contribution >= 4 is 11.6 Å². The summed E-state index contributed by atoms with van der Waals surface area (Å²) in [6.07, 6.45) is 2.22. The van der Waals surface area contributed by atoms with E-state index < -0.39 is 4.92 Å². The van der Waals surface area contributed by atoms with E-state index in [0.717, 1.165) is 19.5 Å². The quantitative estimate of drug-likeness (QED) is 0.574. The van der Waals surface area contributed by atoms with Crippen molar-refractivity contribution in [1.82, 2.24) is 15.2 Å². The monoisotopic (exact) mass is 238 g/mol. The molecule has 1 saturated heterocycles. The number of carbonyl (C=O) groups excluding carboxylic acids is 1. The van der Waals surface area contributed by atoms with Crippen LogP contribution in [0.2, 0.25) is 0 Å². The van der Waals surface area contributed by atoms with E-state index in [2.05, 4.69) is 10.6 Å². The van der Waals surface area contributed by atoms with E-state index in [1.165, 1.54) is 16.8 Å². The minimum atomic E-state index is -0.506. The van der Waals surface area contributed by atoms with Gasteiger partial charge in [-0.15, -0.1) is 0 Å². The van der Waals surface area contributed by atoms with E-state index in [0.29, 0.717) is 5.69 Å². The van der Waals surface area contributed by atoms with Gasteiger partial charge in [0.1, 0.15) is 5.69 Å². The second kappa shape index (κ2) is 4.54. The predicted molar refractivity (Wildman–Crippen MR) is 60.8 cm³/mol. The Morgan fingerprint density at radius 2 is 2.47 bits per heavy atom. The lowest BCUT2D eigenvalue weighted by Gasteiger charge is -2.11. The van der Waals surface area contributed by atoms with Crippen LogP contribution in [0.1, 0.15) is 16.9 Å². The fourth-order valence-electron chi connectivity index (χ4n) is 1.91. The van der Waals surface area contributed by atoms with Gasteiger partial charge in [-0.3, -0.25) is 14.9 Å². The van der Waals surface area contributed by atoms with Crippen molar-refractivity contribution in [3.05, 3.63) is 28.1 Å². The Balaban J connectivity index is 2.10. The van der Waals surface area contributed by atoms with Crippen LogP contribution >= 0.6 is 0 Å². The van der Waals surface area contributed by atoms with Gasteiger partial charge in [0, 0.05) is 25.7 Å². The van der Waals surface area contributed by atoms with Gasteiger partial charge in [-0.05, 0) is 13.0 Å². The molecule has 0 aliphatic carbocycles. The van der Waals surface area contributed by atoms with E-state index in [1.807, 2.05) is 0 Å². The van der Waals surface area contributed by atoms with Crippen LogP contribution in [0.4, 0.5) is 5.69 Å². The summed E-state index contributed by atoms with van der Waals surface area (Å²) < 4.78 is 1.47. The number of rotatable bonds is 3. The highest BCUT2D eigenvalue weighted by Crippen LogP contribution is 2.15. The third kappa shape index (κ3) is 2.44. The van der Waals surface area contributed by atoms with Gasteiger partial charge in [0.2, 0.25) is 0 Å². The Bertz CT molecular complexity index is 448. The zero-order valence-electron chi connectivity index (χ0n) is 9.47. The van der Waals surface area contributed by atoms with Crippen molar-refractivity contribution < 1.29 is 9.72 Å². The molecule has 17 heavy (non-hydrogen) atoms. The zero-order valence-corrected chi connectivity index (χ0v) is 9.47. The molecule has 1 aliphatic heterocycles. The lowest BCUT2D eigenvalue weighted by atomic mass is 10.2. The summed E-state index contributed by atoms with van der Waals surface area (Å²) >= 11 is 0. The Hall–Kier alpha value is -1.89. The van der Waals surface area contributed by atoms with Gasteiger partial charge < -0.3 is 15.2 Å². The minimum absolute atomic E-state index is 0.0674. The number of aromatic nitrogens is 1. The van der Waals surface area contributed by atoms with Crippen LogP contribution in [-0.2, 0) is 7.05 Å². The number of aryl methyl sites for hydroxylation is 1. The molecule has 1 amide bonds. The molecule has 92 valence electrons. The van der Waals surface area contributed by atoms with E-state index >= 15 is 0 Å². The number of hydrogen-bond donors (Lipinski definition) is 2. The first kappa shape index (κ1) is 11.6. The highest BCUT2D eigenvalue weighted by molar-refractivity contribution is 5.93. The lowest BCUT2D eigenvalue weighted by molar-refractivity contribution is -0.384. The first-order valence-corrected chi connectivity index (χ1v) is 5.40. The summed E-state index contributed by atoms with van der Waals surface area (Å²) in [6.45, 7) is 1.64. The molecule has 7 nitrogen and oxygen atoms in total. The highest BCUT2D eigenvalue weighted by Gasteiger charge is 2.21. The third-order valence-electron chi connectivity index (χ3n) is 2.83. The van der Waals surface area contributed by atoms with Gasteiger partial charge in [0.15, 0.2) is 0 Å². The normalized spacial score (nSPS) is 19.2. The summed E-state index contributed by atoms with van der Waals surface area (Å²) in [5.41, 5.74) is 0.241. The molecule has 2 rings (SSSR count). The summed E-state index contributed by atoms with van der Waals surface area (Å²) in [6, 6.07) is 1.40. The lowest BCUT2D eigenvalue weighted by Crippen LogP contribution is -2.37. The van der Waals surface area contributed by atoms with Gasteiger partial charge in [-0.1, -0.05) is 0 Å². The Morgan fingerprint density at radius 3 is 3.00 bits per heavy atom. The predicted octanol–water partition coefficient (Wildman–Crippen LogP) is 0.0250. The maximum Gasteiger partial charge on any atom is 0.287 e. The summed E-state index contributed by atoms with van der Waals surface area (Å²) in [5.74, 6) is -0.269. The molecule has 1 fully saturated rings. The molecular weight excluding hydrogens is 224 g/mol. The molecule has 2 N–H and O–H groups in total. The van der Waals surface area contributed by atoms with Crippen LogP contribution in [0.25, 0.3) is 0 Å². The molecule has 7 heteroatoms. The van der Waals surface area contributed by atoms with Gasteiger partial charge >= 0.3 is 0 Å². The average Bonchev–Trinajstić information content (AvgIpc) is 2.86. The molecule has 0 aromatic carbocycles. The maximum atomic E-state index is 11.9. The molecule has 1 aliphatic rings. The standard InChI is InChI=1S/C10H14N4O3/c1-13-6-8(14(16)17)4-9(13)10(15)12-7-2-3-11-5-7/h4,6-7,11H,2-3,5H2,1H3,(H,12,15)/t7-/m0/s1. The van der Waals surface area contributed by atoms with E-state index in [9.17, 15) is 14.9 Å². The van der Waals surface area contributed by atoms with Crippen molar-refractivity contribution in [3.8, 4) is 0 Å². The molecule has 1 atom stereocenters. The SMILES string of the molecule is Cn1cc([N+](=O)[O-])cc1C(=O)N[C@H]1CCNC1. The molecule has 0 unspecified atom stereocenters. The van der Waals surface area contributed by atoms with Crippen LogP contribution in [0.5, 0.6) is 0 Å². The molecule has 2 heterocycles. The van der Waals surface area contributed by atoms with Crippen LogP contribution in [0.15, 0.2) is 12.3 Å². The largest absolute Gasteiger partial charge is 0.347 e. The van der Waals surface area contributed by atoms with Crippen molar-refractivity contribution in [2.75, 3.05) is 13.1 Å². The first-order chi connectivity index (χ1) is 8.08. The van der Waals surface area contributed by atoms with Crippen molar-refractivity contribution in [3.63, 3.8) is 0 Å². The molecule has 0 bridgehead atoms. The number of amides is 1. The van der Waals surface area contributed by atoms with Crippen molar-refractivity contribution in [1.29, 1.82) is 0 Å². The smallest absolute Gasteiger partial charge is 0.287 e. The van der Waals surface area contributed by atoms with E-state index in [1.54, 1.807) is 7.05 Å². The van der Waals surface area contributed by atoms with E-state index in [-0.39, 0.29) is 17.6 Å². The molecule has 1 aromatic rings. The van der Waals surface area contributed by atoms with Crippen molar-refractivity contribution in [2.45, 2.75) is 12.5 Å². The van der Waals surface area contributed by atoms with Gasteiger partial charge in [0.05, 0.1) is 11.1 Å². The summed E-state index contributed by atoms with van der Waals surface area (Å²) in [7, 11) is 1.62. The average molecular weight is 238 g/mol. The summed E-state index contributed by atoms with van der Waals surface area (Å²) in [4.78, 5) is 22.0. The molecule has 1 aromatic heterocycles. The van der Waals surface area contributed by atoms with Crippen LogP contribution in [0, 0.1) is 10.1 Å². The molecule has 0 saturated carbocycles. The first-order valence-electron chi connectivity index (χ1n) is 5.40. The molecule has 0 spiro atoms. The van der Waals surface area contributed by atoms with Gasteiger partial charge in [-0.25, -0.2) is 0 Å². The fraction of sp³-hybridized carbons (Fsp3) is 0.500. The summed E-state index contributed by atoms with van der Waals surface area (Å²) in [5, 5.41) is 16.6. The molecule has 0 radical (unpaired) electrons. The number of hydrogen-bond acceptors (Lipinski definition) is 4. The van der Waals surface area contributed by atoms with Gasteiger partial charge in [0.25, 0.3) is 11.6 Å². The van der Waals surface area contributed by atoms with Crippen LogP contribution in [-0.4, -0.2) is 34.5 Å². The maximum absolute atomic E-state index is 11.9. The zero-order chi connectivity index (χ0) is 12.4. The highest BCUT2D eigenvalue weighted by atomic mass is 16.6. The Labute approximate surface area is 97.9 Å². The number of nitrogens with one attached hydrogen (secondary N) is 2. The molecular formula is C10H14N4O3. The second-order valence-electron chi connectivity index (χ2n) is 4.11. The van der Waals surface area contributed by atoms with Gasteiger partial charge in [-0.2, -0.15) is 0 Å². The Kier molecular flexibility index (Phi) is 3.10. The third-order valence-corrected chi connectivity index (χ3v) is 2.83. The number of nitro groups is 1. The fourth-order valence-corrected chi connectivity index (χ4v) is 1.91. The second-order valence-corrected chi connectivity index (χ2v) is 4.11. The van der Waals surface area contributed by atoms with E-state index in [4.69, 9.17) is 0 Å².